The minimum Gasteiger partial charge on any atom is -0.492 e. The fourth-order valence-electron chi connectivity index (χ4n) is 1.49. The van der Waals surface area contributed by atoms with Crippen molar-refractivity contribution in [1.29, 1.82) is 0 Å². The molecular weight excluding hydrogens is 407 g/mol. The molecule has 0 aliphatic heterocycles. The Morgan fingerprint density at radius 1 is 1.30 bits per heavy atom. The summed E-state index contributed by atoms with van der Waals surface area (Å²) in [6, 6.07) is 9.60. The Bertz CT molecular complexity index is 492. The fourth-order valence-corrected chi connectivity index (χ4v) is 1.49. The Morgan fingerprint density at radius 2 is 2.00 bits per heavy atom. The van der Waals surface area contributed by atoms with E-state index in [9.17, 15) is 4.79 Å². The number of aliphatic imine (C=N–C) groups is 1. The number of halogens is 1. The highest BCUT2D eigenvalue weighted by Gasteiger charge is 2.03. The summed E-state index contributed by atoms with van der Waals surface area (Å²) in [6.07, 6.45) is 1.73. The number of rotatable bonds is 8. The van der Waals surface area contributed by atoms with Crippen LogP contribution in [0.3, 0.4) is 0 Å². The highest BCUT2D eigenvalue weighted by molar-refractivity contribution is 14.0. The quantitative estimate of drug-likeness (QED) is 0.215. The van der Waals surface area contributed by atoms with Crippen LogP contribution < -0.4 is 15.4 Å². The van der Waals surface area contributed by atoms with Crippen LogP contribution in [0.1, 0.15) is 0 Å². The molecule has 0 heterocycles. The lowest BCUT2D eigenvalue weighted by Crippen LogP contribution is -2.40. The molecule has 0 aliphatic rings. The number of benzene rings is 1. The van der Waals surface area contributed by atoms with E-state index < -0.39 is 0 Å². The van der Waals surface area contributed by atoms with E-state index in [1.54, 1.807) is 20.2 Å². The van der Waals surface area contributed by atoms with Gasteiger partial charge in [0.25, 0.3) is 0 Å². The minimum atomic E-state index is -0.0553. The fraction of sp³-hybridized carbons (Fsp3) is 0.375. The van der Waals surface area contributed by atoms with Gasteiger partial charge in [-0.15, -0.1) is 30.6 Å². The van der Waals surface area contributed by atoms with Crippen molar-refractivity contribution >= 4 is 35.8 Å². The summed E-state index contributed by atoms with van der Waals surface area (Å²) in [7, 11) is 3.41. The summed E-state index contributed by atoms with van der Waals surface area (Å²) in [5.41, 5.74) is 0. The number of nitrogens with one attached hydrogen (secondary N) is 2. The molecule has 1 aromatic rings. The van der Waals surface area contributed by atoms with Gasteiger partial charge in [-0.05, 0) is 12.1 Å². The van der Waals surface area contributed by atoms with Crippen molar-refractivity contribution in [2.45, 2.75) is 0 Å². The van der Waals surface area contributed by atoms with Gasteiger partial charge < -0.3 is 20.3 Å². The minimum absolute atomic E-state index is 0. The molecule has 0 radical (unpaired) electrons. The maximum atomic E-state index is 11.6. The molecule has 0 saturated heterocycles. The van der Waals surface area contributed by atoms with Crippen LogP contribution in [0.25, 0.3) is 0 Å². The molecule has 1 rings (SSSR count). The molecular formula is C16H25IN4O2. The molecule has 128 valence electrons. The average molecular weight is 432 g/mol. The van der Waals surface area contributed by atoms with E-state index in [1.165, 1.54) is 4.90 Å². The van der Waals surface area contributed by atoms with Crippen molar-refractivity contribution in [3.8, 4) is 5.75 Å². The van der Waals surface area contributed by atoms with Gasteiger partial charge in [0, 0.05) is 20.6 Å². The third kappa shape index (κ3) is 9.77. The van der Waals surface area contributed by atoms with Crippen molar-refractivity contribution in [3.63, 3.8) is 0 Å². The van der Waals surface area contributed by atoms with Crippen LogP contribution in [0.4, 0.5) is 0 Å². The normalized spacial score (nSPS) is 10.3. The summed E-state index contributed by atoms with van der Waals surface area (Å²) >= 11 is 0. The predicted octanol–water partition coefficient (Wildman–Crippen LogP) is 1.49. The molecule has 1 aromatic carbocycles. The lowest BCUT2D eigenvalue weighted by molar-refractivity contribution is -0.127. The van der Waals surface area contributed by atoms with E-state index in [-0.39, 0.29) is 36.4 Å². The molecule has 23 heavy (non-hydrogen) atoms. The van der Waals surface area contributed by atoms with Gasteiger partial charge in [0.15, 0.2) is 5.96 Å². The molecule has 0 fully saturated rings. The predicted molar refractivity (Wildman–Crippen MR) is 105 cm³/mol. The van der Waals surface area contributed by atoms with Crippen LogP contribution in [0, 0.1) is 0 Å². The van der Waals surface area contributed by atoms with Gasteiger partial charge in [0.05, 0.1) is 6.54 Å². The van der Waals surface area contributed by atoms with E-state index >= 15 is 0 Å². The topological polar surface area (TPSA) is 66.0 Å². The van der Waals surface area contributed by atoms with Crippen LogP contribution in [0.2, 0.25) is 0 Å². The van der Waals surface area contributed by atoms with Crippen LogP contribution in [0.15, 0.2) is 48.0 Å². The zero-order chi connectivity index (χ0) is 16.2. The molecule has 0 spiro atoms. The van der Waals surface area contributed by atoms with E-state index in [4.69, 9.17) is 4.74 Å². The molecule has 0 saturated carbocycles. The van der Waals surface area contributed by atoms with Crippen LogP contribution in [-0.2, 0) is 4.79 Å². The smallest absolute Gasteiger partial charge is 0.243 e. The third-order valence-corrected chi connectivity index (χ3v) is 2.69. The lowest BCUT2D eigenvalue weighted by Gasteiger charge is -2.13. The zero-order valence-electron chi connectivity index (χ0n) is 13.6. The lowest BCUT2D eigenvalue weighted by atomic mass is 10.3. The number of carbonyl (C=O) groups is 1. The molecule has 1 amide bonds. The highest BCUT2D eigenvalue weighted by atomic mass is 127. The van der Waals surface area contributed by atoms with E-state index in [2.05, 4.69) is 22.2 Å². The number of amides is 1. The highest BCUT2D eigenvalue weighted by Crippen LogP contribution is 2.07. The molecule has 0 atom stereocenters. The number of para-hydroxylation sites is 1. The molecule has 0 aliphatic carbocycles. The van der Waals surface area contributed by atoms with Crippen molar-refractivity contribution in [2.24, 2.45) is 4.99 Å². The Kier molecular flexibility index (Phi) is 11.8. The second-order valence-electron chi connectivity index (χ2n) is 4.71. The van der Waals surface area contributed by atoms with Crippen LogP contribution in [0.5, 0.6) is 5.75 Å². The first-order valence-corrected chi connectivity index (χ1v) is 7.14. The van der Waals surface area contributed by atoms with E-state index in [0.29, 0.717) is 25.7 Å². The van der Waals surface area contributed by atoms with Gasteiger partial charge in [0.1, 0.15) is 18.9 Å². The number of ether oxygens (including phenoxy) is 1. The number of carbonyl (C=O) groups excluding carboxylic acids is 1. The number of hydrogen-bond acceptors (Lipinski definition) is 3. The largest absolute Gasteiger partial charge is 0.492 e. The monoisotopic (exact) mass is 432 g/mol. The molecule has 0 bridgehead atoms. The van der Waals surface area contributed by atoms with Gasteiger partial charge in [0.2, 0.25) is 5.91 Å². The number of hydrogen-bond donors (Lipinski definition) is 2. The number of guanidine groups is 1. The maximum Gasteiger partial charge on any atom is 0.243 e. The second kappa shape index (κ2) is 12.7. The second-order valence-corrected chi connectivity index (χ2v) is 4.71. The zero-order valence-corrected chi connectivity index (χ0v) is 15.9. The molecule has 7 heteroatoms. The Balaban J connectivity index is 0.00000484. The molecule has 0 unspecified atom stereocenters. The summed E-state index contributed by atoms with van der Waals surface area (Å²) in [5.74, 6) is 1.33. The summed E-state index contributed by atoms with van der Waals surface area (Å²) in [4.78, 5) is 17.3. The Morgan fingerprint density at radius 3 is 2.61 bits per heavy atom. The molecule has 0 aromatic heterocycles. The van der Waals surface area contributed by atoms with Crippen molar-refractivity contribution in [2.75, 3.05) is 40.3 Å². The number of nitrogens with zero attached hydrogens (tertiary/aromatic N) is 2. The first-order chi connectivity index (χ1) is 10.6. The number of likely N-dealkylation sites (N-methyl/N-ethyl adjacent to an activating group) is 1. The summed E-state index contributed by atoms with van der Waals surface area (Å²) in [5, 5.41) is 6.17. The molecule has 6 nitrogen and oxygen atoms in total. The first-order valence-electron chi connectivity index (χ1n) is 7.14. The van der Waals surface area contributed by atoms with Crippen LogP contribution in [-0.4, -0.2) is 57.1 Å². The summed E-state index contributed by atoms with van der Waals surface area (Å²) < 4.78 is 5.58. The van der Waals surface area contributed by atoms with Gasteiger partial charge in [-0.1, -0.05) is 24.3 Å². The third-order valence-electron chi connectivity index (χ3n) is 2.69. The van der Waals surface area contributed by atoms with Crippen molar-refractivity contribution < 1.29 is 9.53 Å². The van der Waals surface area contributed by atoms with E-state index in [1.807, 2.05) is 30.3 Å². The maximum absolute atomic E-state index is 11.6. The van der Waals surface area contributed by atoms with Crippen LogP contribution >= 0.6 is 24.0 Å². The van der Waals surface area contributed by atoms with Gasteiger partial charge in [-0.3, -0.25) is 4.79 Å². The van der Waals surface area contributed by atoms with Gasteiger partial charge in [-0.25, -0.2) is 4.99 Å². The Hall–Kier alpha value is -1.77. The average Bonchev–Trinajstić information content (AvgIpc) is 2.53. The Labute approximate surface area is 155 Å². The van der Waals surface area contributed by atoms with Gasteiger partial charge in [-0.2, -0.15) is 0 Å². The SMILES string of the molecule is C=CCNC(=NCC(=O)N(C)C)NCCOc1ccccc1.I. The molecule has 2 N–H and O–H groups in total. The summed E-state index contributed by atoms with van der Waals surface area (Å²) in [6.45, 7) is 5.39. The van der Waals surface area contributed by atoms with E-state index in [0.717, 1.165) is 5.75 Å². The van der Waals surface area contributed by atoms with Gasteiger partial charge >= 0.3 is 0 Å². The van der Waals surface area contributed by atoms with Crippen molar-refractivity contribution in [1.82, 2.24) is 15.5 Å². The first kappa shape index (κ1) is 21.2. The standard InChI is InChI=1S/C16H24N4O2.HI/c1-4-10-17-16(19-13-15(21)20(2)3)18-11-12-22-14-8-6-5-7-9-14;/h4-9H,1,10-13H2,2-3H3,(H2,17,18,19);1H. The van der Waals surface area contributed by atoms with Crippen molar-refractivity contribution in [3.05, 3.63) is 43.0 Å².